The first kappa shape index (κ1) is 14.1. The van der Waals surface area contributed by atoms with Crippen molar-refractivity contribution in [2.45, 2.75) is 19.9 Å². The summed E-state index contributed by atoms with van der Waals surface area (Å²) in [5.41, 5.74) is 2.87. The van der Waals surface area contributed by atoms with Crippen molar-refractivity contribution in [3.05, 3.63) is 34.6 Å². The van der Waals surface area contributed by atoms with Gasteiger partial charge in [0.15, 0.2) is 11.5 Å². The van der Waals surface area contributed by atoms with Gasteiger partial charge in [0.1, 0.15) is 13.2 Å². The van der Waals surface area contributed by atoms with Gasteiger partial charge in [-0.25, -0.2) is 0 Å². The molecule has 5 nitrogen and oxygen atoms in total. The summed E-state index contributed by atoms with van der Waals surface area (Å²) in [6.07, 6.45) is 0.830. The molecule has 1 aliphatic heterocycles. The average molecular weight is 308 g/mol. The Balaban J connectivity index is 1.74. The molecule has 0 fully saturated rings. The molecule has 0 bridgehead atoms. The molecule has 1 N–H and O–H groups in total. The predicted octanol–water partition coefficient (Wildman–Crippen LogP) is 3.02. The summed E-state index contributed by atoms with van der Waals surface area (Å²) in [5.74, 6) is 1.57. The second-order valence-corrected chi connectivity index (χ2v) is 5.27. The van der Waals surface area contributed by atoms with Crippen LogP contribution in [-0.4, -0.2) is 23.0 Å². The minimum atomic E-state index is 0.587. The van der Waals surface area contributed by atoms with Crippen molar-refractivity contribution < 1.29 is 9.47 Å². The molecular formula is C15H18ClN3O2. The molecule has 2 aromatic rings. The van der Waals surface area contributed by atoms with Crippen LogP contribution in [0.5, 0.6) is 11.5 Å². The fraction of sp³-hybridized carbons (Fsp3) is 0.400. The van der Waals surface area contributed by atoms with Crippen LogP contribution >= 0.6 is 11.6 Å². The van der Waals surface area contributed by atoms with Gasteiger partial charge >= 0.3 is 0 Å². The first-order valence-corrected chi connectivity index (χ1v) is 7.40. The van der Waals surface area contributed by atoms with Gasteiger partial charge in [0, 0.05) is 18.8 Å². The number of hydrogen-bond donors (Lipinski definition) is 1. The number of benzene rings is 1. The maximum Gasteiger partial charge on any atom is 0.163 e. The highest BCUT2D eigenvalue weighted by atomic mass is 35.5. The summed E-state index contributed by atoms with van der Waals surface area (Å²) in [5, 5.41) is 8.50. The van der Waals surface area contributed by atoms with Gasteiger partial charge in [0.2, 0.25) is 0 Å². The van der Waals surface area contributed by atoms with Gasteiger partial charge in [0.25, 0.3) is 0 Å². The first-order valence-electron chi connectivity index (χ1n) is 7.02. The molecule has 2 heterocycles. The Kier molecular flexibility index (Phi) is 3.92. The zero-order chi connectivity index (χ0) is 14.8. The van der Waals surface area contributed by atoms with Crippen molar-refractivity contribution in [1.29, 1.82) is 0 Å². The molecule has 0 spiro atoms. The van der Waals surface area contributed by atoms with E-state index in [0.717, 1.165) is 40.0 Å². The molecular weight excluding hydrogens is 290 g/mol. The Morgan fingerprint density at radius 2 is 2.05 bits per heavy atom. The van der Waals surface area contributed by atoms with Crippen LogP contribution in [0.3, 0.4) is 0 Å². The van der Waals surface area contributed by atoms with Gasteiger partial charge in [-0.3, -0.25) is 4.68 Å². The predicted molar refractivity (Wildman–Crippen MR) is 82.4 cm³/mol. The highest BCUT2D eigenvalue weighted by molar-refractivity contribution is 6.31. The molecule has 0 amide bonds. The van der Waals surface area contributed by atoms with E-state index >= 15 is 0 Å². The lowest BCUT2D eigenvalue weighted by atomic mass is 10.2. The van der Waals surface area contributed by atoms with E-state index in [1.165, 1.54) is 0 Å². The van der Waals surface area contributed by atoms with Gasteiger partial charge in [-0.2, -0.15) is 5.10 Å². The number of fused-ring (bicyclic) bond motifs is 1. The van der Waals surface area contributed by atoms with Gasteiger partial charge in [-0.15, -0.1) is 0 Å². The van der Waals surface area contributed by atoms with Crippen LogP contribution < -0.4 is 14.8 Å². The molecule has 0 aliphatic carbocycles. The molecule has 6 heteroatoms. The van der Waals surface area contributed by atoms with E-state index < -0.39 is 0 Å². The van der Waals surface area contributed by atoms with Crippen molar-refractivity contribution >= 4 is 17.3 Å². The molecule has 0 saturated heterocycles. The lowest BCUT2D eigenvalue weighted by Gasteiger charge is -2.19. The van der Waals surface area contributed by atoms with Gasteiger partial charge in [-0.1, -0.05) is 18.5 Å². The van der Waals surface area contributed by atoms with E-state index in [1.54, 1.807) is 0 Å². The van der Waals surface area contributed by atoms with Crippen LogP contribution in [0.4, 0.5) is 5.69 Å². The highest BCUT2D eigenvalue weighted by Crippen LogP contribution is 2.33. The van der Waals surface area contributed by atoms with Crippen LogP contribution in [0.15, 0.2) is 18.2 Å². The molecule has 21 heavy (non-hydrogen) atoms. The van der Waals surface area contributed by atoms with Crippen LogP contribution in [0, 0.1) is 0 Å². The van der Waals surface area contributed by atoms with E-state index in [4.69, 9.17) is 21.1 Å². The maximum atomic E-state index is 6.34. The van der Waals surface area contributed by atoms with E-state index in [-0.39, 0.29) is 0 Å². The molecule has 1 aromatic carbocycles. The van der Waals surface area contributed by atoms with Crippen LogP contribution in [0.25, 0.3) is 0 Å². The van der Waals surface area contributed by atoms with Crippen molar-refractivity contribution in [2.24, 2.45) is 7.05 Å². The second-order valence-electron chi connectivity index (χ2n) is 4.90. The molecule has 1 aromatic heterocycles. The van der Waals surface area contributed by atoms with Crippen molar-refractivity contribution in [3.63, 3.8) is 0 Å². The van der Waals surface area contributed by atoms with E-state index in [0.29, 0.717) is 19.8 Å². The van der Waals surface area contributed by atoms with Crippen molar-refractivity contribution in [2.75, 3.05) is 18.5 Å². The Morgan fingerprint density at radius 1 is 1.29 bits per heavy atom. The summed E-state index contributed by atoms with van der Waals surface area (Å²) in [7, 11) is 1.91. The van der Waals surface area contributed by atoms with Gasteiger partial charge in [-0.05, 0) is 18.6 Å². The minimum absolute atomic E-state index is 0.587. The fourth-order valence-corrected chi connectivity index (χ4v) is 2.71. The molecule has 0 radical (unpaired) electrons. The number of aromatic nitrogens is 2. The molecule has 0 saturated carbocycles. The zero-order valence-electron chi connectivity index (χ0n) is 12.1. The van der Waals surface area contributed by atoms with Crippen LogP contribution in [-0.2, 0) is 20.0 Å². The largest absolute Gasteiger partial charge is 0.486 e. The smallest absolute Gasteiger partial charge is 0.163 e. The third-order valence-electron chi connectivity index (χ3n) is 3.51. The zero-order valence-corrected chi connectivity index (χ0v) is 12.9. The summed E-state index contributed by atoms with van der Waals surface area (Å²) in [6.45, 7) is 3.85. The SMILES string of the molecule is CCc1nn(C)c(CNc2ccc3c(c2)OCCO3)c1Cl. The Bertz CT molecular complexity index is 655. The fourth-order valence-electron chi connectivity index (χ4n) is 2.35. The Morgan fingerprint density at radius 3 is 2.76 bits per heavy atom. The monoisotopic (exact) mass is 307 g/mol. The van der Waals surface area contributed by atoms with E-state index in [2.05, 4.69) is 10.4 Å². The number of halogens is 1. The van der Waals surface area contributed by atoms with Gasteiger partial charge < -0.3 is 14.8 Å². The Labute approximate surface area is 128 Å². The van der Waals surface area contributed by atoms with Crippen LogP contribution in [0.2, 0.25) is 5.02 Å². The maximum absolute atomic E-state index is 6.34. The molecule has 1 aliphatic rings. The number of hydrogen-bond acceptors (Lipinski definition) is 4. The number of rotatable bonds is 4. The Hall–Kier alpha value is -1.88. The number of nitrogens with zero attached hydrogens (tertiary/aromatic N) is 2. The number of ether oxygens (including phenoxy) is 2. The summed E-state index contributed by atoms with van der Waals surface area (Å²) in [6, 6.07) is 5.83. The second kappa shape index (κ2) is 5.85. The topological polar surface area (TPSA) is 48.3 Å². The summed E-state index contributed by atoms with van der Waals surface area (Å²) < 4.78 is 12.9. The highest BCUT2D eigenvalue weighted by Gasteiger charge is 2.14. The minimum Gasteiger partial charge on any atom is -0.486 e. The van der Waals surface area contributed by atoms with E-state index in [9.17, 15) is 0 Å². The third kappa shape index (κ3) is 2.78. The first-order chi connectivity index (χ1) is 10.2. The molecule has 3 rings (SSSR count). The third-order valence-corrected chi connectivity index (χ3v) is 3.94. The standard InChI is InChI=1S/C15H18ClN3O2/c1-3-11-15(16)12(19(2)18-11)9-17-10-4-5-13-14(8-10)21-7-6-20-13/h4-5,8,17H,3,6-7,9H2,1-2H3. The molecule has 112 valence electrons. The summed E-state index contributed by atoms with van der Waals surface area (Å²) >= 11 is 6.34. The normalized spacial score (nSPS) is 13.3. The number of aryl methyl sites for hydroxylation is 2. The molecule has 0 unspecified atom stereocenters. The lowest BCUT2D eigenvalue weighted by Crippen LogP contribution is -2.15. The quantitative estimate of drug-likeness (QED) is 0.943. The molecule has 0 atom stereocenters. The number of nitrogens with one attached hydrogen (secondary N) is 1. The van der Waals surface area contributed by atoms with Gasteiger partial charge in [0.05, 0.1) is 23.0 Å². The van der Waals surface area contributed by atoms with Crippen molar-refractivity contribution in [1.82, 2.24) is 9.78 Å². The number of anilines is 1. The average Bonchev–Trinajstić information content (AvgIpc) is 2.79. The lowest BCUT2D eigenvalue weighted by molar-refractivity contribution is 0.171. The van der Waals surface area contributed by atoms with Crippen LogP contribution in [0.1, 0.15) is 18.3 Å². The van der Waals surface area contributed by atoms with Crippen molar-refractivity contribution in [3.8, 4) is 11.5 Å². The summed E-state index contributed by atoms with van der Waals surface area (Å²) in [4.78, 5) is 0. The van der Waals surface area contributed by atoms with E-state index in [1.807, 2.05) is 36.9 Å².